The Morgan fingerprint density at radius 3 is 2.38 bits per heavy atom. The number of non-ortho nitro benzene ring substituents is 1. The van der Waals surface area contributed by atoms with Crippen LogP contribution in [0.15, 0.2) is 101 Å². The first-order valence-corrected chi connectivity index (χ1v) is 23.8. The second-order valence-corrected chi connectivity index (χ2v) is 18.9. The third-order valence-electron chi connectivity index (χ3n) is 12.2. The fourth-order valence-corrected chi connectivity index (χ4v) is 9.77. The number of oxime groups is 1. The second-order valence-electron chi connectivity index (χ2n) is 18.1. The largest absolute Gasteiger partial charge is 0.459 e. The maximum Gasteiger partial charge on any atom is 0.410 e. The zero-order chi connectivity index (χ0) is 45.9. The lowest BCUT2D eigenvalue weighted by molar-refractivity contribution is -0.384. The van der Waals surface area contributed by atoms with Gasteiger partial charge in [-0.3, -0.25) is 15.0 Å². The van der Waals surface area contributed by atoms with Crippen molar-refractivity contribution in [2.45, 2.75) is 108 Å². The Morgan fingerprint density at radius 1 is 1.03 bits per heavy atom. The molecule has 1 saturated carbocycles. The quantitative estimate of drug-likeness (QED) is 0.0324. The summed E-state index contributed by atoms with van der Waals surface area (Å²) in [6.07, 6.45) is 10.8. The van der Waals surface area contributed by atoms with E-state index in [1.807, 2.05) is 70.3 Å². The number of hydrogen-bond acceptors (Lipinski definition) is 12. The molecule has 14 heteroatoms. The number of amides is 1. The lowest BCUT2D eigenvalue weighted by Gasteiger charge is -2.60. The summed E-state index contributed by atoms with van der Waals surface area (Å²) >= 11 is 1.66. The molecular formula is C50H65N3O10S. The highest BCUT2D eigenvalue weighted by molar-refractivity contribution is 7.98. The van der Waals surface area contributed by atoms with Crippen LogP contribution in [-0.4, -0.2) is 82.9 Å². The summed E-state index contributed by atoms with van der Waals surface area (Å²) in [7, 11) is 0. The number of carbonyl (C=O) groups excluding carboxylic acids is 1. The van der Waals surface area contributed by atoms with E-state index in [2.05, 4.69) is 18.7 Å². The number of rotatable bonds is 22. The average Bonchev–Trinajstić information content (AvgIpc) is 3.28. The zero-order valence-corrected chi connectivity index (χ0v) is 38.7. The van der Waals surface area contributed by atoms with Crippen molar-refractivity contribution in [1.82, 2.24) is 4.90 Å². The number of fused-ring (bicyclic) bond motifs is 2. The Bertz CT molecular complexity index is 2100. The van der Waals surface area contributed by atoms with E-state index in [1.165, 1.54) is 12.1 Å². The number of benzene rings is 3. The molecule has 1 aliphatic heterocycles. The smallest absolute Gasteiger partial charge is 0.410 e. The van der Waals surface area contributed by atoms with Crippen LogP contribution in [-0.2, 0) is 20.9 Å². The number of nitro benzene ring substituents is 1. The summed E-state index contributed by atoms with van der Waals surface area (Å²) in [4.78, 5) is 34.5. The molecule has 3 aromatic rings. The van der Waals surface area contributed by atoms with Crippen LogP contribution in [0.1, 0.15) is 96.1 Å². The number of nitro groups is 1. The molecule has 0 aromatic heterocycles. The SMILES string of the molecule is C=CCOC12Oc3ccc(Oc4ccc(SC)cc4)cc3C3C(CCCCO)C(CCCCO)C=C(C(=NOCc4ccc([N+](=O)[O-])cc4)CC1N(CCC)C(=O)OCC(C)(C)C)C32. The Morgan fingerprint density at radius 2 is 1.73 bits per heavy atom. The molecule has 0 spiro atoms. The Hall–Kier alpha value is -4.89. The van der Waals surface area contributed by atoms with Crippen LogP contribution in [0.25, 0.3) is 0 Å². The van der Waals surface area contributed by atoms with E-state index >= 15 is 0 Å². The van der Waals surface area contributed by atoms with Gasteiger partial charge in [-0.25, -0.2) is 4.79 Å². The summed E-state index contributed by atoms with van der Waals surface area (Å²) in [5.41, 5.74) is 2.87. The van der Waals surface area contributed by atoms with E-state index < -0.39 is 28.8 Å². The number of hydrogen-bond donors (Lipinski definition) is 2. The summed E-state index contributed by atoms with van der Waals surface area (Å²) in [6.45, 7) is 13.0. The van der Waals surface area contributed by atoms with Gasteiger partial charge in [0.2, 0.25) is 5.79 Å². The minimum Gasteiger partial charge on any atom is -0.459 e. The first-order valence-electron chi connectivity index (χ1n) is 22.5. The maximum absolute atomic E-state index is 14.5. The van der Waals surface area contributed by atoms with Crippen LogP contribution in [0.2, 0.25) is 0 Å². The van der Waals surface area contributed by atoms with Gasteiger partial charge in [0.1, 0.15) is 29.9 Å². The number of thioether (sulfide) groups is 1. The van der Waals surface area contributed by atoms with Gasteiger partial charge in [-0.05, 0) is 121 Å². The number of allylic oxidation sites excluding steroid dienone is 1. The number of unbranched alkanes of at least 4 members (excludes halogenated alkanes) is 2. The number of nitrogens with zero attached hydrogens (tertiary/aromatic N) is 3. The predicted molar refractivity (Wildman–Crippen MR) is 249 cm³/mol. The fourth-order valence-electron chi connectivity index (χ4n) is 9.37. The predicted octanol–water partition coefficient (Wildman–Crippen LogP) is 10.8. The van der Waals surface area contributed by atoms with E-state index in [0.29, 0.717) is 54.3 Å². The van der Waals surface area contributed by atoms with Gasteiger partial charge in [0.15, 0.2) is 0 Å². The molecule has 346 valence electrons. The number of aliphatic hydroxyl groups is 2. The van der Waals surface area contributed by atoms with E-state index in [1.54, 1.807) is 34.9 Å². The molecule has 0 saturated heterocycles. The van der Waals surface area contributed by atoms with Crippen LogP contribution < -0.4 is 9.47 Å². The van der Waals surface area contributed by atoms with E-state index in [0.717, 1.165) is 41.7 Å². The molecule has 0 radical (unpaired) electrons. The van der Waals surface area contributed by atoms with Gasteiger partial charge in [0.25, 0.3) is 5.69 Å². The first-order chi connectivity index (χ1) is 30.9. The van der Waals surface area contributed by atoms with Crippen LogP contribution in [0.5, 0.6) is 17.2 Å². The number of carbonyl (C=O) groups is 1. The summed E-state index contributed by atoms with van der Waals surface area (Å²) < 4.78 is 27.0. The Kier molecular flexibility index (Phi) is 17.0. The van der Waals surface area contributed by atoms with Crippen molar-refractivity contribution in [3.8, 4) is 17.2 Å². The lowest BCUT2D eigenvalue weighted by atomic mass is 9.55. The van der Waals surface area contributed by atoms with Crippen molar-refractivity contribution in [3.63, 3.8) is 0 Å². The standard InChI is InChI=1S/C50H65N3O10S/c1-7-25-52(48(56)59-33-49(3,4)5)45-31-43(51-61-32-34-15-17-36(18-16-34)53(57)58)41-29-35(13-9-11-26-54)40(14-10-12-27-55)46-42-30-38(62-37-19-22-39(64-6)23-20-37)21-24-44(42)63-50(45,47(41)46)60-28-8-2/h8,15-24,29-30,35,40,45-47,54-55H,2,7,9-14,25-28,31-33H2,1,3-6H3. The molecule has 64 heavy (non-hydrogen) atoms. The van der Waals surface area contributed by atoms with Gasteiger partial charge >= 0.3 is 6.09 Å². The molecule has 0 bridgehead atoms. The molecule has 6 unspecified atom stereocenters. The minimum atomic E-state index is -1.44. The van der Waals surface area contributed by atoms with Gasteiger partial charge in [-0.2, -0.15) is 0 Å². The minimum absolute atomic E-state index is 0.0192. The zero-order valence-electron chi connectivity index (χ0n) is 37.9. The summed E-state index contributed by atoms with van der Waals surface area (Å²) in [6, 6.07) is 19.3. The van der Waals surface area contributed by atoms with Crippen LogP contribution in [0.3, 0.4) is 0 Å². The molecule has 1 amide bonds. The fraction of sp³-hybridized carbons (Fsp3) is 0.520. The Labute approximate surface area is 382 Å². The van der Waals surface area contributed by atoms with Gasteiger partial charge in [0.05, 0.1) is 29.8 Å². The topological polar surface area (TPSA) is 162 Å². The molecule has 2 N–H and O–H groups in total. The molecular weight excluding hydrogens is 835 g/mol. The van der Waals surface area contributed by atoms with Crippen molar-refractivity contribution in [2.75, 3.05) is 39.2 Å². The summed E-state index contributed by atoms with van der Waals surface area (Å²) in [5.74, 6) is -0.169. The molecule has 13 nitrogen and oxygen atoms in total. The number of ether oxygens (including phenoxy) is 4. The monoisotopic (exact) mass is 899 g/mol. The van der Waals surface area contributed by atoms with Gasteiger partial charge in [0, 0.05) is 54.7 Å². The molecule has 3 aliphatic rings. The summed E-state index contributed by atoms with van der Waals surface area (Å²) in [5, 5.41) is 36.2. The molecule has 3 aromatic carbocycles. The van der Waals surface area contributed by atoms with Crippen molar-refractivity contribution < 1.29 is 43.7 Å². The third kappa shape index (κ3) is 11.5. The van der Waals surface area contributed by atoms with Crippen molar-refractivity contribution in [3.05, 3.63) is 112 Å². The third-order valence-corrected chi connectivity index (χ3v) is 12.9. The van der Waals surface area contributed by atoms with Crippen LogP contribution in [0.4, 0.5) is 10.5 Å². The van der Waals surface area contributed by atoms with Crippen molar-refractivity contribution in [1.29, 1.82) is 0 Å². The highest BCUT2D eigenvalue weighted by Crippen LogP contribution is 2.62. The average molecular weight is 900 g/mol. The molecule has 6 rings (SSSR count). The highest BCUT2D eigenvalue weighted by Gasteiger charge is 2.65. The second kappa shape index (κ2) is 22.3. The highest BCUT2D eigenvalue weighted by atomic mass is 32.2. The van der Waals surface area contributed by atoms with Gasteiger partial charge in [-0.15, -0.1) is 18.3 Å². The van der Waals surface area contributed by atoms with Crippen molar-refractivity contribution >= 4 is 29.3 Å². The molecule has 1 fully saturated rings. The molecule has 2 aliphatic carbocycles. The maximum atomic E-state index is 14.5. The van der Waals surface area contributed by atoms with Crippen LogP contribution in [0, 0.1) is 33.3 Å². The van der Waals surface area contributed by atoms with E-state index in [-0.39, 0.29) is 68.3 Å². The Balaban J connectivity index is 1.56. The van der Waals surface area contributed by atoms with Gasteiger partial charge < -0.3 is 34.0 Å². The molecule has 6 atom stereocenters. The molecule has 1 heterocycles. The van der Waals surface area contributed by atoms with Crippen LogP contribution >= 0.6 is 11.8 Å². The van der Waals surface area contributed by atoms with Crippen molar-refractivity contribution in [2.24, 2.45) is 28.3 Å². The van der Waals surface area contributed by atoms with E-state index in [9.17, 15) is 25.1 Å². The lowest BCUT2D eigenvalue weighted by Crippen LogP contribution is -2.70. The van der Waals surface area contributed by atoms with Gasteiger partial charge in [-0.1, -0.05) is 57.8 Å². The normalized spacial score (nSPS) is 23.0. The first kappa shape index (κ1) is 48.6. The van der Waals surface area contributed by atoms with E-state index in [4.69, 9.17) is 28.9 Å². The number of aliphatic hydroxyl groups excluding tert-OH is 2.